The predicted octanol–water partition coefficient (Wildman–Crippen LogP) is 4.08. The van der Waals surface area contributed by atoms with E-state index in [0.29, 0.717) is 11.5 Å². The Labute approximate surface area is 144 Å². The summed E-state index contributed by atoms with van der Waals surface area (Å²) in [7, 11) is 0. The van der Waals surface area contributed by atoms with Crippen LogP contribution in [0.2, 0.25) is 0 Å². The van der Waals surface area contributed by atoms with Gasteiger partial charge in [-0.1, -0.05) is 0 Å². The Kier molecular flexibility index (Phi) is 3.69. The average molecular weight is 338 g/mol. The van der Waals surface area contributed by atoms with Crippen molar-refractivity contribution in [2.45, 2.75) is 32.6 Å². The van der Waals surface area contributed by atoms with Gasteiger partial charge in [0, 0.05) is 17.2 Å². The van der Waals surface area contributed by atoms with Gasteiger partial charge in [-0.2, -0.15) is 5.10 Å². The molecule has 0 radical (unpaired) electrons. The van der Waals surface area contributed by atoms with Crippen molar-refractivity contribution in [1.29, 1.82) is 0 Å². The number of rotatable bonds is 4. The van der Waals surface area contributed by atoms with Crippen LogP contribution in [-0.2, 0) is 0 Å². The van der Waals surface area contributed by atoms with E-state index >= 15 is 0 Å². The number of amides is 1. The van der Waals surface area contributed by atoms with Crippen molar-refractivity contribution in [3.63, 3.8) is 0 Å². The Hall–Kier alpha value is -2.47. The number of hydrogen-bond donors (Lipinski definition) is 1. The molecule has 1 fully saturated rings. The lowest BCUT2D eigenvalue weighted by Gasteiger charge is -2.08. The van der Waals surface area contributed by atoms with E-state index in [0.717, 1.165) is 22.1 Å². The van der Waals surface area contributed by atoms with Gasteiger partial charge >= 0.3 is 0 Å². The van der Waals surface area contributed by atoms with Crippen molar-refractivity contribution in [3.8, 4) is 5.69 Å². The van der Waals surface area contributed by atoms with Gasteiger partial charge in [0.2, 0.25) is 0 Å². The molecule has 1 aliphatic carbocycles. The number of nitrogens with one attached hydrogen (secondary N) is 1. The topological polar surface area (TPSA) is 59.8 Å². The summed E-state index contributed by atoms with van der Waals surface area (Å²) in [5.41, 5.74) is 6.49. The second kappa shape index (κ2) is 5.87. The van der Waals surface area contributed by atoms with Crippen molar-refractivity contribution in [1.82, 2.24) is 14.8 Å². The SMILES string of the molecule is Cc1cc(C2CC2)n(-c2ccc(C(=O)Nc3scnc3C)cc2)n1. The molecule has 0 bridgehead atoms. The first kappa shape index (κ1) is 15.1. The van der Waals surface area contributed by atoms with Gasteiger partial charge in [0.1, 0.15) is 5.00 Å². The first-order valence-corrected chi connectivity index (χ1v) is 8.88. The zero-order valence-electron chi connectivity index (χ0n) is 13.6. The molecular formula is C18H18N4OS. The second-order valence-electron chi connectivity index (χ2n) is 6.16. The van der Waals surface area contributed by atoms with E-state index in [2.05, 4.69) is 21.5 Å². The molecule has 0 aliphatic heterocycles. The minimum atomic E-state index is -0.118. The maximum atomic E-state index is 12.3. The second-order valence-corrected chi connectivity index (χ2v) is 7.02. The largest absolute Gasteiger partial charge is 0.312 e. The molecule has 5 nitrogen and oxygen atoms in total. The van der Waals surface area contributed by atoms with Crippen LogP contribution in [0, 0.1) is 13.8 Å². The summed E-state index contributed by atoms with van der Waals surface area (Å²) in [6.45, 7) is 3.90. The fraction of sp³-hybridized carbons (Fsp3) is 0.278. The van der Waals surface area contributed by atoms with Gasteiger partial charge in [0.05, 0.1) is 22.6 Å². The number of carbonyl (C=O) groups is 1. The summed E-state index contributed by atoms with van der Waals surface area (Å²) in [5.74, 6) is 0.511. The van der Waals surface area contributed by atoms with Crippen molar-refractivity contribution in [2.24, 2.45) is 0 Å². The fourth-order valence-electron chi connectivity index (χ4n) is 2.75. The van der Waals surface area contributed by atoms with Crippen LogP contribution in [0.5, 0.6) is 0 Å². The Morgan fingerprint density at radius 1 is 1.25 bits per heavy atom. The van der Waals surface area contributed by atoms with Crippen LogP contribution in [-0.4, -0.2) is 20.7 Å². The maximum Gasteiger partial charge on any atom is 0.256 e. The summed E-state index contributed by atoms with van der Waals surface area (Å²) in [4.78, 5) is 16.5. The van der Waals surface area contributed by atoms with Crippen LogP contribution < -0.4 is 5.32 Å². The van der Waals surface area contributed by atoms with Crippen molar-refractivity contribution in [3.05, 3.63) is 58.5 Å². The monoisotopic (exact) mass is 338 g/mol. The molecular weight excluding hydrogens is 320 g/mol. The average Bonchev–Trinajstić information content (AvgIpc) is 3.25. The molecule has 0 unspecified atom stereocenters. The van der Waals surface area contributed by atoms with E-state index in [1.807, 2.05) is 42.8 Å². The van der Waals surface area contributed by atoms with Crippen LogP contribution in [0.3, 0.4) is 0 Å². The number of aryl methyl sites for hydroxylation is 2. The molecule has 3 aromatic rings. The van der Waals surface area contributed by atoms with E-state index < -0.39 is 0 Å². The van der Waals surface area contributed by atoms with Crippen LogP contribution in [0.15, 0.2) is 35.8 Å². The number of carbonyl (C=O) groups excluding carboxylic acids is 1. The lowest BCUT2D eigenvalue weighted by molar-refractivity contribution is 0.102. The maximum absolute atomic E-state index is 12.3. The Bertz CT molecular complexity index is 890. The van der Waals surface area contributed by atoms with E-state index in [1.54, 1.807) is 5.51 Å². The third-order valence-corrected chi connectivity index (χ3v) is 5.05. The molecule has 6 heteroatoms. The van der Waals surface area contributed by atoms with Gasteiger partial charge < -0.3 is 5.32 Å². The molecule has 0 atom stereocenters. The molecule has 0 spiro atoms. The lowest BCUT2D eigenvalue weighted by atomic mass is 10.2. The van der Waals surface area contributed by atoms with Crippen molar-refractivity contribution in [2.75, 3.05) is 5.32 Å². The first-order valence-electron chi connectivity index (χ1n) is 8.00. The number of thiazole rings is 1. The number of hydrogen-bond acceptors (Lipinski definition) is 4. The minimum absolute atomic E-state index is 0.118. The Morgan fingerprint density at radius 3 is 2.62 bits per heavy atom. The summed E-state index contributed by atoms with van der Waals surface area (Å²) >= 11 is 1.43. The zero-order chi connectivity index (χ0) is 16.7. The minimum Gasteiger partial charge on any atom is -0.312 e. The number of aromatic nitrogens is 3. The normalized spacial score (nSPS) is 13.9. The molecule has 4 rings (SSSR count). The molecule has 2 aromatic heterocycles. The summed E-state index contributed by atoms with van der Waals surface area (Å²) < 4.78 is 2.00. The molecule has 1 aromatic carbocycles. The molecule has 1 N–H and O–H groups in total. The molecule has 1 amide bonds. The van der Waals surface area contributed by atoms with Crippen molar-refractivity contribution >= 4 is 22.2 Å². The quantitative estimate of drug-likeness (QED) is 0.780. The van der Waals surface area contributed by atoms with E-state index in [1.165, 1.54) is 29.9 Å². The van der Waals surface area contributed by atoms with Crippen molar-refractivity contribution < 1.29 is 4.79 Å². The number of anilines is 1. The summed E-state index contributed by atoms with van der Waals surface area (Å²) in [5, 5.41) is 8.30. The Morgan fingerprint density at radius 2 is 2.00 bits per heavy atom. The van der Waals surface area contributed by atoms with E-state index in [4.69, 9.17) is 0 Å². The highest BCUT2D eigenvalue weighted by Gasteiger charge is 2.28. The van der Waals surface area contributed by atoms with Gasteiger partial charge in [-0.15, -0.1) is 11.3 Å². The van der Waals surface area contributed by atoms with E-state index in [-0.39, 0.29) is 5.91 Å². The molecule has 0 saturated heterocycles. The van der Waals surface area contributed by atoms with E-state index in [9.17, 15) is 4.79 Å². The smallest absolute Gasteiger partial charge is 0.256 e. The highest BCUT2D eigenvalue weighted by Crippen LogP contribution is 2.41. The van der Waals surface area contributed by atoms with Gasteiger partial charge in [0.25, 0.3) is 5.91 Å². The highest BCUT2D eigenvalue weighted by molar-refractivity contribution is 7.14. The zero-order valence-corrected chi connectivity index (χ0v) is 14.4. The molecule has 122 valence electrons. The van der Waals surface area contributed by atoms with Crippen LogP contribution in [0.1, 0.15) is 46.2 Å². The molecule has 24 heavy (non-hydrogen) atoms. The van der Waals surface area contributed by atoms with Crippen LogP contribution >= 0.6 is 11.3 Å². The third kappa shape index (κ3) is 2.85. The third-order valence-electron chi connectivity index (χ3n) is 4.20. The number of benzene rings is 1. The molecule has 2 heterocycles. The van der Waals surface area contributed by atoms with Gasteiger partial charge in [-0.05, 0) is 57.0 Å². The van der Waals surface area contributed by atoms with Gasteiger partial charge in [0.15, 0.2) is 0 Å². The van der Waals surface area contributed by atoms with Gasteiger partial charge in [-0.25, -0.2) is 9.67 Å². The molecule has 1 saturated carbocycles. The van der Waals surface area contributed by atoms with Gasteiger partial charge in [-0.3, -0.25) is 4.79 Å². The highest BCUT2D eigenvalue weighted by atomic mass is 32.1. The molecule has 1 aliphatic rings. The summed E-state index contributed by atoms with van der Waals surface area (Å²) in [6, 6.07) is 9.74. The van der Waals surface area contributed by atoms with Crippen LogP contribution in [0.4, 0.5) is 5.00 Å². The first-order chi connectivity index (χ1) is 11.6. The summed E-state index contributed by atoms with van der Waals surface area (Å²) in [6.07, 6.45) is 2.47. The predicted molar refractivity (Wildman–Crippen MR) is 95.1 cm³/mol. The lowest BCUT2D eigenvalue weighted by Crippen LogP contribution is -2.12. The number of nitrogens with zero attached hydrogens (tertiary/aromatic N) is 3. The fourth-order valence-corrected chi connectivity index (χ4v) is 3.44. The van der Waals surface area contributed by atoms with Crippen LogP contribution in [0.25, 0.3) is 5.69 Å². The Balaban J connectivity index is 1.56. The standard InChI is InChI=1S/C18H18N4OS/c1-11-9-16(13-3-4-13)22(21-11)15-7-5-14(6-8-15)17(23)20-18-12(2)19-10-24-18/h5-10,13H,3-4H2,1-2H3,(H,20,23).